The van der Waals surface area contributed by atoms with Gasteiger partial charge in [-0.25, -0.2) is 0 Å². The van der Waals surface area contributed by atoms with E-state index in [2.05, 4.69) is 22.2 Å². The summed E-state index contributed by atoms with van der Waals surface area (Å²) in [5.41, 5.74) is 7.34. The Balaban J connectivity index is 1.54. The second-order valence-electron chi connectivity index (χ2n) is 9.23. The molecule has 2 aliphatic rings. The van der Waals surface area contributed by atoms with Gasteiger partial charge in [0.25, 0.3) is 11.8 Å². The summed E-state index contributed by atoms with van der Waals surface area (Å²) in [7, 11) is 3.71. The van der Waals surface area contributed by atoms with E-state index in [0.29, 0.717) is 11.1 Å². The number of rotatable bonds is 4. The minimum Gasteiger partial charge on any atom is -0.497 e. The van der Waals surface area contributed by atoms with Crippen molar-refractivity contribution >= 4 is 29.2 Å². The van der Waals surface area contributed by atoms with Gasteiger partial charge in [-0.05, 0) is 61.9 Å². The molecule has 3 heterocycles. The summed E-state index contributed by atoms with van der Waals surface area (Å²) in [4.78, 5) is 33.9. The van der Waals surface area contributed by atoms with Crippen LogP contribution >= 0.6 is 0 Å². The minimum atomic E-state index is -0.153. The molecule has 1 aromatic heterocycles. The highest BCUT2D eigenvalue weighted by molar-refractivity contribution is 6.36. The monoisotopic (exact) mass is 470 g/mol. The summed E-state index contributed by atoms with van der Waals surface area (Å²) in [6, 6.07) is 13.7. The minimum absolute atomic E-state index is 0.0456. The van der Waals surface area contributed by atoms with Crippen LogP contribution in [0.4, 0.5) is 5.69 Å². The SMILES string of the molecule is COc1ccc(-c2cccc3c2/C(=C/c2[nH]c(C)c(C(=O)N4CCN(C)CC4)c2C)C(=O)N3)cc1. The molecule has 7 heteroatoms. The number of methoxy groups -OCH3 is 1. The van der Waals surface area contributed by atoms with Crippen LogP contribution in [0.1, 0.15) is 32.9 Å². The highest BCUT2D eigenvalue weighted by Crippen LogP contribution is 2.41. The van der Waals surface area contributed by atoms with Gasteiger partial charge in [0, 0.05) is 48.8 Å². The van der Waals surface area contributed by atoms with Crippen LogP contribution in [0.5, 0.6) is 5.75 Å². The second kappa shape index (κ2) is 9.07. The number of piperazine rings is 1. The Labute approximate surface area is 205 Å². The highest BCUT2D eigenvalue weighted by Gasteiger charge is 2.29. The van der Waals surface area contributed by atoms with E-state index < -0.39 is 0 Å². The van der Waals surface area contributed by atoms with Gasteiger partial charge in [-0.3, -0.25) is 9.59 Å². The average Bonchev–Trinajstić information content (AvgIpc) is 3.33. The third-order valence-corrected chi connectivity index (χ3v) is 7.00. The van der Waals surface area contributed by atoms with E-state index in [1.165, 1.54) is 0 Å². The van der Waals surface area contributed by atoms with E-state index in [1.807, 2.05) is 67.3 Å². The number of aromatic amines is 1. The van der Waals surface area contributed by atoms with Gasteiger partial charge >= 0.3 is 0 Å². The highest BCUT2D eigenvalue weighted by atomic mass is 16.5. The third-order valence-electron chi connectivity index (χ3n) is 7.00. The van der Waals surface area contributed by atoms with Crippen molar-refractivity contribution in [2.24, 2.45) is 0 Å². The number of carbonyl (C=O) groups is 2. The molecule has 0 aliphatic carbocycles. The maximum atomic E-state index is 13.3. The maximum absolute atomic E-state index is 13.3. The lowest BCUT2D eigenvalue weighted by molar-refractivity contribution is -0.110. The predicted molar refractivity (Wildman–Crippen MR) is 139 cm³/mol. The molecule has 1 saturated heterocycles. The average molecular weight is 471 g/mol. The molecule has 0 atom stereocenters. The number of hydrogen-bond acceptors (Lipinski definition) is 4. The number of amides is 2. The molecule has 1 fully saturated rings. The zero-order chi connectivity index (χ0) is 24.7. The first-order valence-electron chi connectivity index (χ1n) is 11.8. The third kappa shape index (κ3) is 4.12. The molecule has 0 radical (unpaired) electrons. The van der Waals surface area contributed by atoms with Gasteiger partial charge in [-0.1, -0.05) is 24.3 Å². The lowest BCUT2D eigenvalue weighted by Crippen LogP contribution is -2.47. The Morgan fingerprint density at radius 2 is 1.74 bits per heavy atom. The van der Waals surface area contributed by atoms with Crippen LogP contribution in [0.2, 0.25) is 0 Å². The van der Waals surface area contributed by atoms with Crippen molar-refractivity contribution < 1.29 is 14.3 Å². The lowest BCUT2D eigenvalue weighted by atomic mass is 9.94. The van der Waals surface area contributed by atoms with Crippen molar-refractivity contribution in [3.63, 3.8) is 0 Å². The van der Waals surface area contributed by atoms with Gasteiger partial charge in [0.05, 0.1) is 18.2 Å². The molecule has 2 amide bonds. The fourth-order valence-electron chi connectivity index (χ4n) is 4.95. The molecule has 0 unspecified atom stereocenters. The molecule has 2 aromatic carbocycles. The fourth-order valence-corrected chi connectivity index (χ4v) is 4.95. The molecule has 3 aromatic rings. The van der Waals surface area contributed by atoms with Gasteiger partial charge in [0.1, 0.15) is 5.75 Å². The van der Waals surface area contributed by atoms with Gasteiger partial charge in [0.2, 0.25) is 0 Å². The van der Waals surface area contributed by atoms with Crippen LogP contribution in [0.25, 0.3) is 22.8 Å². The summed E-state index contributed by atoms with van der Waals surface area (Å²) < 4.78 is 5.29. The number of aromatic nitrogens is 1. The Morgan fingerprint density at radius 3 is 2.43 bits per heavy atom. The van der Waals surface area contributed by atoms with Crippen molar-refractivity contribution in [3.05, 3.63) is 70.5 Å². The normalized spacial score (nSPS) is 17.0. The number of aryl methyl sites for hydroxylation is 1. The first-order chi connectivity index (χ1) is 16.9. The Morgan fingerprint density at radius 1 is 1.03 bits per heavy atom. The van der Waals surface area contributed by atoms with Crippen LogP contribution in [-0.4, -0.2) is 66.9 Å². The van der Waals surface area contributed by atoms with Gasteiger partial charge in [0.15, 0.2) is 0 Å². The Bertz CT molecular complexity index is 1330. The topological polar surface area (TPSA) is 77.7 Å². The van der Waals surface area contributed by atoms with Gasteiger partial charge < -0.3 is 24.8 Å². The Kier molecular flexibility index (Phi) is 5.94. The van der Waals surface area contributed by atoms with E-state index in [-0.39, 0.29) is 11.8 Å². The van der Waals surface area contributed by atoms with E-state index in [9.17, 15) is 9.59 Å². The zero-order valence-corrected chi connectivity index (χ0v) is 20.6. The molecule has 0 bridgehead atoms. The number of ether oxygens (including phenoxy) is 1. The van der Waals surface area contributed by atoms with E-state index in [4.69, 9.17) is 4.74 Å². The molecule has 2 N–H and O–H groups in total. The van der Waals surface area contributed by atoms with Crippen molar-refractivity contribution in [1.82, 2.24) is 14.8 Å². The molecule has 0 saturated carbocycles. The maximum Gasteiger partial charge on any atom is 0.256 e. The summed E-state index contributed by atoms with van der Waals surface area (Å²) >= 11 is 0. The summed E-state index contributed by atoms with van der Waals surface area (Å²) in [6.45, 7) is 7.05. The summed E-state index contributed by atoms with van der Waals surface area (Å²) in [5.74, 6) is 0.671. The number of carbonyl (C=O) groups excluding carboxylic acids is 2. The number of likely N-dealkylation sites (N-methyl/N-ethyl adjacent to an activating group) is 1. The van der Waals surface area contributed by atoms with Crippen molar-refractivity contribution in [1.29, 1.82) is 0 Å². The van der Waals surface area contributed by atoms with Crippen LogP contribution < -0.4 is 10.1 Å². The molecule has 2 aliphatic heterocycles. The quantitative estimate of drug-likeness (QED) is 0.561. The largest absolute Gasteiger partial charge is 0.497 e. The molecular weight excluding hydrogens is 440 g/mol. The van der Waals surface area contributed by atoms with Crippen LogP contribution in [0, 0.1) is 13.8 Å². The van der Waals surface area contributed by atoms with Crippen molar-refractivity contribution in [2.75, 3.05) is 45.7 Å². The number of nitrogens with one attached hydrogen (secondary N) is 2. The molecule has 0 spiro atoms. The van der Waals surface area contributed by atoms with Crippen molar-refractivity contribution in [3.8, 4) is 16.9 Å². The van der Waals surface area contributed by atoms with Crippen LogP contribution in [0.15, 0.2) is 42.5 Å². The fraction of sp³-hybridized carbons (Fsp3) is 0.286. The van der Waals surface area contributed by atoms with Crippen LogP contribution in [-0.2, 0) is 4.79 Å². The summed E-state index contributed by atoms with van der Waals surface area (Å²) in [5, 5.41) is 2.99. The predicted octanol–water partition coefficient (Wildman–Crippen LogP) is 4.19. The van der Waals surface area contributed by atoms with Gasteiger partial charge in [-0.2, -0.15) is 0 Å². The number of H-pyrrole nitrogens is 1. The standard InChI is InChI=1S/C28H30N4O3/c1-17-24(29-18(2)25(17)28(34)32-14-12-31(3)13-15-32)16-22-26-21(6-5-7-23(26)30-27(22)33)19-8-10-20(35-4)11-9-19/h5-11,16,29H,12-15H2,1-4H3,(H,30,33)/b22-16-. The zero-order valence-electron chi connectivity index (χ0n) is 20.6. The summed E-state index contributed by atoms with van der Waals surface area (Å²) in [6.07, 6.45) is 1.87. The smallest absolute Gasteiger partial charge is 0.256 e. The molecule has 5 rings (SSSR count). The molecular formula is C28H30N4O3. The van der Waals surface area contributed by atoms with Gasteiger partial charge in [-0.15, -0.1) is 0 Å². The van der Waals surface area contributed by atoms with E-state index >= 15 is 0 Å². The first-order valence-corrected chi connectivity index (χ1v) is 11.8. The molecule has 7 nitrogen and oxygen atoms in total. The first kappa shape index (κ1) is 22.9. The Hall–Kier alpha value is -3.84. The number of anilines is 1. The number of benzene rings is 2. The molecule has 180 valence electrons. The van der Waals surface area contributed by atoms with Crippen molar-refractivity contribution in [2.45, 2.75) is 13.8 Å². The number of hydrogen-bond donors (Lipinski definition) is 2. The molecule has 35 heavy (non-hydrogen) atoms. The van der Waals surface area contributed by atoms with E-state index in [0.717, 1.165) is 71.3 Å². The number of fused-ring (bicyclic) bond motifs is 1. The van der Waals surface area contributed by atoms with Crippen LogP contribution in [0.3, 0.4) is 0 Å². The number of nitrogens with zero attached hydrogens (tertiary/aromatic N) is 2. The lowest BCUT2D eigenvalue weighted by Gasteiger charge is -2.32. The second-order valence-corrected chi connectivity index (χ2v) is 9.23. The van der Waals surface area contributed by atoms with E-state index in [1.54, 1.807) is 7.11 Å².